The monoisotopic (exact) mass is 668 g/mol. The Morgan fingerprint density at radius 3 is 1.70 bits per heavy atom. The van der Waals surface area contributed by atoms with E-state index in [1.54, 1.807) is 0 Å². The molecular formula is C46H56N2O2. The van der Waals surface area contributed by atoms with E-state index in [1.165, 1.54) is 49.7 Å². The summed E-state index contributed by atoms with van der Waals surface area (Å²) in [6.07, 6.45) is 17.5. The molecule has 2 atom stereocenters. The number of anilines is 2. The fourth-order valence-electron chi connectivity index (χ4n) is 7.05. The van der Waals surface area contributed by atoms with Crippen LogP contribution in [0.1, 0.15) is 95.8 Å². The van der Waals surface area contributed by atoms with Gasteiger partial charge < -0.3 is 10.0 Å². The van der Waals surface area contributed by atoms with Crippen LogP contribution in [-0.2, 0) is 4.79 Å². The number of Topliss-reactive ketones (excluding diaryl/α,β-unsaturated/α-hetero) is 1. The van der Waals surface area contributed by atoms with Gasteiger partial charge in [-0.1, -0.05) is 113 Å². The molecule has 3 aromatic carbocycles. The van der Waals surface area contributed by atoms with Gasteiger partial charge in [-0.15, -0.1) is 0 Å². The molecule has 0 saturated carbocycles. The molecule has 50 heavy (non-hydrogen) atoms. The molecule has 2 aliphatic rings. The van der Waals surface area contributed by atoms with Crippen LogP contribution in [0.3, 0.4) is 0 Å². The molecule has 0 aliphatic heterocycles. The van der Waals surface area contributed by atoms with Gasteiger partial charge in [-0.05, 0) is 86.6 Å². The number of unbranched alkanes of at least 4 members (excludes halogenated alkanes) is 2. The molecule has 0 spiro atoms. The number of rotatable bonds is 16. The molecule has 0 amide bonds. The van der Waals surface area contributed by atoms with E-state index >= 15 is 0 Å². The van der Waals surface area contributed by atoms with Crippen LogP contribution in [0, 0.1) is 25.7 Å². The molecule has 262 valence electrons. The summed E-state index contributed by atoms with van der Waals surface area (Å²) >= 11 is 0. The van der Waals surface area contributed by atoms with Crippen molar-refractivity contribution in [1.29, 1.82) is 0 Å². The van der Waals surface area contributed by atoms with Gasteiger partial charge in [0.1, 0.15) is 0 Å². The first-order chi connectivity index (χ1) is 24.3. The molecule has 2 aliphatic carbocycles. The average Bonchev–Trinajstić information content (AvgIpc) is 3.14. The third-order valence-electron chi connectivity index (χ3n) is 10.5. The summed E-state index contributed by atoms with van der Waals surface area (Å²) in [7, 11) is 0. The van der Waals surface area contributed by atoms with Crippen LogP contribution in [0.15, 0.2) is 114 Å². The van der Waals surface area contributed by atoms with Crippen LogP contribution >= 0.6 is 0 Å². The lowest BCUT2D eigenvalue weighted by molar-refractivity contribution is -0.448. The molecule has 3 aromatic rings. The second-order valence-electron chi connectivity index (χ2n) is 14.2. The Morgan fingerprint density at radius 2 is 1.18 bits per heavy atom. The lowest BCUT2D eigenvalue weighted by Crippen LogP contribution is -2.30. The minimum atomic E-state index is -0.169. The summed E-state index contributed by atoms with van der Waals surface area (Å²) in [5.41, 5.74) is 8.89. The predicted molar refractivity (Wildman–Crippen MR) is 209 cm³/mol. The Morgan fingerprint density at radius 1 is 0.660 bits per heavy atom. The first kappa shape index (κ1) is 36.8. The van der Waals surface area contributed by atoms with Crippen LogP contribution in [0.4, 0.5) is 17.1 Å². The quantitative estimate of drug-likeness (QED) is 0.113. The van der Waals surface area contributed by atoms with Gasteiger partial charge in [0.25, 0.3) is 0 Å². The van der Waals surface area contributed by atoms with Crippen molar-refractivity contribution in [1.82, 2.24) is 0 Å². The van der Waals surface area contributed by atoms with Crippen molar-refractivity contribution >= 4 is 34.1 Å². The van der Waals surface area contributed by atoms with Gasteiger partial charge in [0.2, 0.25) is 11.4 Å². The molecule has 0 bridgehead atoms. The number of allylic oxidation sites excluding steroid dienone is 7. The van der Waals surface area contributed by atoms with E-state index in [9.17, 15) is 9.90 Å². The van der Waals surface area contributed by atoms with Gasteiger partial charge in [-0.2, -0.15) is 4.58 Å². The van der Waals surface area contributed by atoms with Crippen molar-refractivity contribution in [3.05, 3.63) is 131 Å². The summed E-state index contributed by atoms with van der Waals surface area (Å²) in [6.45, 7) is 15.1. The number of hydrogen-bond acceptors (Lipinski definition) is 3. The number of nitrogens with zero attached hydrogens (tertiary/aromatic N) is 2. The first-order valence-corrected chi connectivity index (χ1v) is 19.0. The molecule has 0 N–H and O–H groups in total. The van der Waals surface area contributed by atoms with Gasteiger partial charge in [-0.25, -0.2) is 0 Å². The molecular weight excluding hydrogens is 613 g/mol. The van der Waals surface area contributed by atoms with Gasteiger partial charge in [-0.3, -0.25) is 4.79 Å². The minimum absolute atomic E-state index is 0.169. The first-order valence-electron chi connectivity index (χ1n) is 19.0. The highest BCUT2D eigenvalue weighted by atomic mass is 16.3. The zero-order valence-electron chi connectivity index (χ0n) is 31.2. The molecule has 0 aromatic heterocycles. The second kappa shape index (κ2) is 17.5. The van der Waals surface area contributed by atoms with E-state index in [4.69, 9.17) is 0 Å². The Bertz CT molecular complexity index is 1750. The van der Waals surface area contributed by atoms with Crippen LogP contribution in [0.5, 0.6) is 0 Å². The highest BCUT2D eigenvalue weighted by Crippen LogP contribution is 2.39. The Hall–Kier alpha value is -4.44. The van der Waals surface area contributed by atoms with Crippen molar-refractivity contribution in [3.8, 4) is 0 Å². The van der Waals surface area contributed by atoms with E-state index in [2.05, 4.69) is 124 Å². The van der Waals surface area contributed by atoms with Crippen molar-refractivity contribution in [2.45, 2.75) is 92.9 Å². The fourth-order valence-corrected chi connectivity index (χ4v) is 7.05. The summed E-state index contributed by atoms with van der Waals surface area (Å²) in [4.78, 5) is 16.0. The van der Waals surface area contributed by atoms with E-state index in [-0.39, 0.29) is 22.7 Å². The van der Waals surface area contributed by atoms with E-state index in [0.29, 0.717) is 23.0 Å². The molecule has 0 fully saturated rings. The maximum atomic E-state index is 13.6. The molecule has 2 unspecified atom stereocenters. The third-order valence-corrected chi connectivity index (χ3v) is 10.5. The van der Waals surface area contributed by atoms with Crippen LogP contribution in [0.2, 0.25) is 0 Å². The smallest absolute Gasteiger partial charge is 0.205 e. The van der Waals surface area contributed by atoms with Crippen LogP contribution < -0.4 is 10.0 Å². The normalized spacial score (nSPS) is 15.4. The standard InChI is InChI=1S/C46H56N2O2/c1-7-11-13-35(9-3)31-47(39-23-15-33(5)16-24-39)41-27-19-37(20-28-41)43-45(49)44(46(43)50)38-21-29-42(30-22-38)48(32-36(10-4)14-12-8-2)40-25-17-34(6)18-26-40/h15-30,35-36H,7-14,31-32H2,1-6H3. The summed E-state index contributed by atoms with van der Waals surface area (Å²) in [5, 5.41) is 13.6. The van der Waals surface area contributed by atoms with Crippen molar-refractivity contribution in [2.24, 2.45) is 11.8 Å². The van der Waals surface area contributed by atoms with Crippen molar-refractivity contribution < 1.29 is 14.5 Å². The number of benzene rings is 3. The van der Waals surface area contributed by atoms with E-state index in [0.717, 1.165) is 48.7 Å². The topological polar surface area (TPSA) is 46.4 Å². The fraction of sp³-hybridized carbons (Fsp3) is 0.391. The second-order valence-corrected chi connectivity index (χ2v) is 14.2. The average molecular weight is 669 g/mol. The predicted octanol–water partition coefficient (Wildman–Crippen LogP) is 10.7. The van der Waals surface area contributed by atoms with Gasteiger partial charge >= 0.3 is 0 Å². The summed E-state index contributed by atoms with van der Waals surface area (Å²) < 4.78 is 2.38. The number of hydrogen-bond donors (Lipinski definition) is 0. The zero-order valence-corrected chi connectivity index (χ0v) is 31.2. The van der Waals surface area contributed by atoms with Crippen molar-refractivity contribution in [3.63, 3.8) is 0 Å². The zero-order chi connectivity index (χ0) is 35.6. The maximum absolute atomic E-state index is 13.6. The Kier molecular flexibility index (Phi) is 12.9. The van der Waals surface area contributed by atoms with Gasteiger partial charge in [0.15, 0.2) is 12.3 Å². The largest absolute Gasteiger partial charge is 0.871 e. The Labute approximate surface area is 301 Å². The van der Waals surface area contributed by atoms with E-state index < -0.39 is 0 Å². The lowest BCUT2D eigenvalue weighted by atomic mass is 9.80. The molecule has 4 heteroatoms. The SMILES string of the molecule is CCCCC(CC)CN(c1ccc(C)cc1)c1ccc(C2=C([O-])C(=C3C=CC(=[N+](CC(CC)CCCC)c4ccc(C)cc4)C=C3)C2=O)cc1. The highest BCUT2D eigenvalue weighted by molar-refractivity contribution is 6.39. The molecule has 0 radical (unpaired) electrons. The molecule has 5 rings (SSSR count). The molecule has 0 heterocycles. The number of carbonyl (C=O) groups is 1. The van der Waals surface area contributed by atoms with E-state index in [1.807, 2.05) is 24.3 Å². The molecule has 0 saturated heterocycles. The van der Waals surface area contributed by atoms with Crippen LogP contribution in [0.25, 0.3) is 5.57 Å². The molecule has 4 nitrogen and oxygen atoms in total. The van der Waals surface area contributed by atoms with Crippen LogP contribution in [-0.4, -0.2) is 29.2 Å². The van der Waals surface area contributed by atoms with Gasteiger partial charge in [0.05, 0.1) is 0 Å². The van der Waals surface area contributed by atoms with Gasteiger partial charge in [0, 0.05) is 59.3 Å². The lowest BCUT2D eigenvalue weighted by Gasteiger charge is -2.33. The summed E-state index contributed by atoms with van der Waals surface area (Å²) in [5.74, 6) is 0.832. The number of ketones is 1. The number of carbonyl (C=O) groups excluding carboxylic acids is 1. The van der Waals surface area contributed by atoms with Crippen molar-refractivity contribution in [2.75, 3.05) is 18.0 Å². The summed E-state index contributed by atoms with van der Waals surface area (Å²) in [6, 6.07) is 25.4. The third kappa shape index (κ3) is 8.64. The highest BCUT2D eigenvalue weighted by Gasteiger charge is 2.31. The maximum Gasteiger partial charge on any atom is 0.205 e. The minimum Gasteiger partial charge on any atom is -0.871 e. The Balaban J connectivity index is 1.40. The number of aryl methyl sites for hydroxylation is 2.